The molecule has 0 N–H and O–H groups in total. The van der Waals surface area contributed by atoms with Crippen LogP contribution >= 0.6 is 12.3 Å². The van der Waals surface area contributed by atoms with Gasteiger partial charge >= 0.3 is 5.97 Å². The number of pyridine rings is 2. The molecule has 2 heterocycles. The smallest absolute Gasteiger partial charge is 0.339 e. The molecule has 0 aromatic carbocycles. The summed E-state index contributed by atoms with van der Waals surface area (Å²) in [6, 6.07) is 6.63. The minimum Gasteiger partial charge on any atom is -0.465 e. The number of hydrogen-bond donors (Lipinski definition) is 0. The van der Waals surface area contributed by atoms with E-state index in [4.69, 9.17) is 0 Å². The van der Waals surface area contributed by atoms with Gasteiger partial charge in [-0.2, -0.15) is 0 Å². The molecule has 0 spiro atoms. The van der Waals surface area contributed by atoms with E-state index in [1.807, 2.05) is 0 Å². The van der Waals surface area contributed by atoms with E-state index in [9.17, 15) is 13.5 Å². The average molecular weight is 347 g/mol. The summed E-state index contributed by atoms with van der Waals surface area (Å²) in [4.78, 5) is 32.4. The molecule has 1 unspecified atom stereocenters. The second-order valence-electron chi connectivity index (χ2n) is 5.32. The first kappa shape index (κ1) is 16.4. The number of methoxy groups -OCH3 is 1. The molecule has 1 amide bonds. The van der Waals surface area contributed by atoms with Gasteiger partial charge in [0.2, 0.25) is 5.91 Å². The van der Waals surface area contributed by atoms with Crippen molar-refractivity contribution in [3.63, 3.8) is 0 Å². The Morgan fingerprint density at radius 2 is 2.17 bits per heavy atom. The van der Waals surface area contributed by atoms with Crippen LogP contribution in [0.1, 0.15) is 21.6 Å². The highest BCUT2D eigenvalue weighted by Gasteiger charge is 2.34. The third-order valence-electron chi connectivity index (χ3n) is 3.86. The highest BCUT2D eigenvalue weighted by Crippen LogP contribution is 2.31. The molecule has 2 aromatic heterocycles. The van der Waals surface area contributed by atoms with Crippen molar-refractivity contribution in [2.75, 3.05) is 11.4 Å². The second kappa shape index (κ2) is 6.96. The van der Waals surface area contributed by atoms with E-state index in [0.717, 1.165) is 15.6 Å². The molecule has 0 aliphatic heterocycles. The fraction of sp³-hybridized carbons (Fsp3) is 0.250. The van der Waals surface area contributed by atoms with Gasteiger partial charge in [0.05, 0.1) is 12.7 Å². The quantitative estimate of drug-likeness (QED) is 0.625. The van der Waals surface area contributed by atoms with Crippen LogP contribution in [-0.4, -0.2) is 29.0 Å². The van der Waals surface area contributed by atoms with Crippen LogP contribution in [0.25, 0.3) is 0 Å². The van der Waals surface area contributed by atoms with Crippen molar-refractivity contribution in [1.29, 1.82) is 0 Å². The van der Waals surface area contributed by atoms with Crippen molar-refractivity contribution < 1.29 is 18.2 Å². The van der Waals surface area contributed by atoms with Gasteiger partial charge < -0.3 is 4.74 Å². The third-order valence-corrected chi connectivity index (χ3v) is 4.37. The molecule has 8 heteroatoms. The fourth-order valence-corrected chi connectivity index (χ4v) is 3.09. The van der Waals surface area contributed by atoms with Crippen LogP contribution in [0.2, 0.25) is 0 Å². The van der Waals surface area contributed by atoms with Crippen LogP contribution in [0, 0.1) is 5.92 Å². The van der Waals surface area contributed by atoms with Gasteiger partial charge in [-0.15, -0.1) is 3.89 Å². The Kier molecular flexibility index (Phi) is 4.75. The Bertz CT molecular complexity index is 772. The number of amides is 1. The van der Waals surface area contributed by atoms with E-state index >= 15 is 0 Å². The van der Waals surface area contributed by atoms with Crippen LogP contribution in [0.3, 0.4) is 0 Å². The van der Waals surface area contributed by atoms with Crippen molar-refractivity contribution >= 4 is 30.0 Å². The zero-order valence-corrected chi connectivity index (χ0v) is 13.6. The molecule has 0 fully saturated rings. The van der Waals surface area contributed by atoms with Gasteiger partial charge in [-0.1, -0.05) is 6.07 Å². The summed E-state index contributed by atoms with van der Waals surface area (Å²) in [6.07, 6.45) is 3.73. The highest BCUT2D eigenvalue weighted by atomic mass is 32.2. The highest BCUT2D eigenvalue weighted by molar-refractivity contribution is 7.96. The first-order valence-electron chi connectivity index (χ1n) is 7.24. The number of carbonyl (C=O) groups excluding carboxylic acids is 2. The lowest BCUT2D eigenvalue weighted by atomic mass is 10.1. The van der Waals surface area contributed by atoms with Crippen molar-refractivity contribution in [3.05, 3.63) is 53.5 Å². The number of ether oxygens (including phenoxy) is 1. The molecule has 1 atom stereocenters. The van der Waals surface area contributed by atoms with E-state index in [1.165, 1.54) is 19.5 Å². The maximum absolute atomic E-state index is 13.3. The molecule has 3 rings (SSSR count). The first-order valence-corrected chi connectivity index (χ1v) is 7.91. The van der Waals surface area contributed by atoms with Crippen LogP contribution in [-0.2, 0) is 22.4 Å². The van der Waals surface area contributed by atoms with Gasteiger partial charge in [0.15, 0.2) is 12.3 Å². The normalized spacial score (nSPS) is 15.7. The van der Waals surface area contributed by atoms with Crippen molar-refractivity contribution in [2.45, 2.75) is 12.8 Å². The van der Waals surface area contributed by atoms with E-state index in [1.54, 1.807) is 24.3 Å². The molecule has 124 valence electrons. The number of esters is 1. The number of rotatable bonds is 4. The summed E-state index contributed by atoms with van der Waals surface area (Å²) in [6.45, 7) is 0. The number of fused-ring (bicyclic) bond motifs is 1. The number of halogens is 1. The van der Waals surface area contributed by atoms with E-state index in [-0.39, 0.29) is 24.1 Å². The number of carbonyl (C=O) groups is 2. The number of nitrogens with zero attached hydrogens (tertiary/aromatic N) is 3. The maximum Gasteiger partial charge on any atom is 0.339 e. The third kappa shape index (κ3) is 3.09. The SMILES string of the molecule is COC(=O)c1cnc2c(c1)CC(C(=O)N(SF)c1ccccn1)C2. The molecule has 0 saturated heterocycles. The lowest BCUT2D eigenvalue weighted by Gasteiger charge is -2.18. The fourth-order valence-electron chi connectivity index (χ4n) is 2.70. The summed E-state index contributed by atoms with van der Waals surface area (Å²) < 4.78 is 18.9. The van der Waals surface area contributed by atoms with Crippen LogP contribution < -0.4 is 4.31 Å². The molecule has 2 aromatic rings. The van der Waals surface area contributed by atoms with Gasteiger partial charge in [-0.25, -0.2) is 14.1 Å². The summed E-state index contributed by atoms with van der Waals surface area (Å²) >= 11 is -0.165. The van der Waals surface area contributed by atoms with E-state index < -0.39 is 11.9 Å². The number of anilines is 1. The lowest BCUT2D eigenvalue weighted by molar-refractivity contribution is -0.120. The van der Waals surface area contributed by atoms with Crippen molar-refractivity contribution in [3.8, 4) is 0 Å². The summed E-state index contributed by atoms with van der Waals surface area (Å²) in [7, 11) is 1.30. The van der Waals surface area contributed by atoms with Crippen molar-refractivity contribution in [2.24, 2.45) is 5.92 Å². The van der Waals surface area contributed by atoms with Gasteiger partial charge in [-0.3, -0.25) is 9.78 Å². The predicted octanol–water partition coefficient (Wildman–Crippen LogP) is 2.54. The minimum absolute atomic E-state index is 0.165. The summed E-state index contributed by atoms with van der Waals surface area (Å²) in [5.41, 5.74) is 1.89. The van der Waals surface area contributed by atoms with Gasteiger partial charge in [0, 0.05) is 30.4 Å². The van der Waals surface area contributed by atoms with Gasteiger partial charge in [-0.05, 0) is 30.2 Å². The Balaban J connectivity index is 1.79. The summed E-state index contributed by atoms with van der Waals surface area (Å²) in [5, 5.41) is 0. The van der Waals surface area contributed by atoms with Crippen LogP contribution in [0.5, 0.6) is 0 Å². The Labute approximate surface area is 142 Å². The molecule has 1 aliphatic carbocycles. The largest absolute Gasteiger partial charge is 0.465 e. The second-order valence-corrected chi connectivity index (χ2v) is 5.82. The number of aromatic nitrogens is 2. The minimum atomic E-state index is -0.477. The molecule has 1 aliphatic rings. The Morgan fingerprint density at radius 3 is 2.83 bits per heavy atom. The molecule has 6 nitrogen and oxygen atoms in total. The lowest BCUT2D eigenvalue weighted by Crippen LogP contribution is -2.31. The van der Waals surface area contributed by atoms with Crippen LogP contribution in [0.4, 0.5) is 9.70 Å². The predicted molar refractivity (Wildman–Crippen MR) is 86.9 cm³/mol. The van der Waals surface area contributed by atoms with Gasteiger partial charge in [0.1, 0.15) is 5.82 Å². The first-order chi connectivity index (χ1) is 11.6. The monoisotopic (exact) mass is 347 g/mol. The Morgan fingerprint density at radius 1 is 1.33 bits per heavy atom. The zero-order valence-electron chi connectivity index (χ0n) is 12.8. The molecular weight excluding hydrogens is 333 g/mol. The standard InChI is InChI=1S/C16H14FN3O3S/c1-23-16(22)12-7-10-6-11(8-13(10)19-9-12)15(21)20(24-17)14-4-2-3-5-18-14/h2-5,7,9,11H,6,8H2,1H3. The molecule has 24 heavy (non-hydrogen) atoms. The topological polar surface area (TPSA) is 72.4 Å². The number of hydrogen-bond acceptors (Lipinski definition) is 6. The molecule has 0 bridgehead atoms. The van der Waals surface area contributed by atoms with E-state index in [0.29, 0.717) is 18.4 Å². The van der Waals surface area contributed by atoms with Gasteiger partial charge in [0.25, 0.3) is 0 Å². The molecular formula is C16H14FN3O3S. The van der Waals surface area contributed by atoms with Crippen LogP contribution in [0.15, 0.2) is 36.7 Å². The maximum atomic E-state index is 13.3. The molecule has 0 radical (unpaired) electrons. The zero-order chi connectivity index (χ0) is 17.1. The Hall–Kier alpha value is -2.48. The van der Waals surface area contributed by atoms with Crippen molar-refractivity contribution in [1.82, 2.24) is 9.97 Å². The molecule has 0 saturated carbocycles. The average Bonchev–Trinajstić information content (AvgIpc) is 3.05. The summed E-state index contributed by atoms with van der Waals surface area (Å²) in [5.74, 6) is -1.05. The van der Waals surface area contributed by atoms with E-state index in [2.05, 4.69) is 14.7 Å².